The van der Waals surface area contributed by atoms with Crippen LogP contribution in [0.4, 0.5) is 5.82 Å². The molecule has 1 fully saturated rings. The number of nitrogens with zero attached hydrogens (tertiary/aromatic N) is 2. The second-order valence-corrected chi connectivity index (χ2v) is 4.70. The molecule has 0 amide bonds. The van der Waals surface area contributed by atoms with E-state index in [1.165, 1.54) is 18.4 Å². The summed E-state index contributed by atoms with van der Waals surface area (Å²) in [6, 6.07) is 10.4. The van der Waals surface area contributed by atoms with Gasteiger partial charge in [-0.05, 0) is 37.0 Å². The molecule has 0 spiro atoms. The Hall–Kier alpha value is -1.77. The standard InChI is InChI=1S/C14H17N3/c1-2-10-3-7-12(8-4-10)17-14(15)9-13(16-17)11-5-6-11/h3-4,7-9,11H,2,5-6,15H2,1H3. The van der Waals surface area contributed by atoms with Gasteiger partial charge in [0.1, 0.15) is 5.82 Å². The third-order valence-corrected chi connectivity index (χ3v) is 3.34. The van der Waals surface area contributed by atoms with Crippen molar-refractivity contribution < 1.29 is 0 Å². The predicted octanol–water partition coefficient (Wildman–Crippen LogP) is 2.89. The second-order valence-electron chi connectivity index (χ2n) is 4.70. The number of hydrogen-bond acceptors (Lipinski definition) is 2. The first-order chi connectivity index (χ1) is 8.28. The lowest BCUT2D eigenvalue weighted by molar-refractivity contribution is 0.844. The molecule has 3 nitrogen and oxygen atoms in total. The van der Waals surface area contributed by atoms with Crippen molar-refractivity contribution in [3.63, 3.8) is 0 Å². The fourth-order valence-electron chi connectivity index (χ4n) is 2.07. The van der Waals surface area contributed by atoms with Crippen molar-refractivity contribution in [1.29, 1.82) is 0 Å². The Morgan fingerprint density at radius 1 is 1.29 bits per heavy atom. The molecule has 88 valence electrons. The molecule has 3 heteroatoms. The molecule has 1 aliphatic rings. The normalized spacial score (nSPS) is 15.1. The molecule has 0 radical (unpaired) electrons. The van der Waals surface area contributed by atoms with Crippen molar-refractivity contribution in [3.8, 4) is 5.69 Å². The summed E-state index contributed by atoms with van der Waals surface area (Å²) in [5.41, 5.74) is 9.53. The zero-order valence-electron chi connectivity index (χ0n) is 10.1. The molecule has 0 unspecified atom stereocenters. The molecule has 1 aliphatic carbocycles. The minimum absolute atomic E-state index is 0.647. The van der Waals surface area contributed by atoms with Gasteiger partial charge in [0.15, 0.2) is 0 Å². The zero-order chi connectivity index (χ0) is 11.8. The van der Waals surface area contributed by atoms with Crippen molar-refractivity contribution >= 4 is 5.82 Å². The lowest BCUT2D eigenvalue weighted by Gasteiger charge is -2.04. The van der Waals surface area contributed by atoms with Crippen LogP contribution in [0.25, 0.3) is 5.69 Å². The van der Waals surface area contributed by atoms with Crippen molar-refractivity contribution in [2.45, 2.75) is 32.1 Å². The van der Waals surface area contributed by atoms with E-state index in [2.05, 4.69) is 36.3 Å². The molecule has 2 aromatic rings. The minimum atomic E-state index is 0.647. The predicted molar refractivity (Wildman–Crippen MR) is 69.3 cm³/mol. The highest BCUT2D eigenvalue weighted by atomic mass is 15.3. The van der Waals surface area contributed by atoms with Crippen LogP contribution in [0.3, 0.4) is 0 Å². The van der Waals surface area contributed by atoms with Gasteiger partial charge in [0.25, 0.3) is 0 Å². The lowest BCUT2D eigenvalue weighted by atomic mass is 10.1. The van der Waals surface area contributed by atoms with E-state index in [0.717, 1.165) is 23.6 Å². The van der Waals surface area contributed by atoms with Gasteiger partial charge >= 0.3 is 0 Å². The first-order valence-electron chi connectivity index (χ1n) is 6.22. The molecule has 0 atom stereocenters. The zero-order valence-corrected chi connectivity index (χ0v) is 10.1. The van der Waals surface area contributed by atoms with Gasteiger partial charge in [-0.1, -0.05) is 19.1 Å². The van der Waals surface area contributed by atoms with Crippen LogP contribution in [0.1, 0.15) is 36.9 Å². The maximum absolute atomic E-state index is 6.01. The van der Waals surface area contributed by atoms with Gasteiger partial charge in [0.2, 0.25) is 0 Å². The molecule has 0 bridgehead atoms. The third-order valence-electron chi connectivity index (χ3n) is 3.34. The Kier molecular flexibility index (Phi) is 2.39. The molecule has 1 saturated carbocycles. The quantitative estimate of drug-likeness (QED) is 0.876. The summed E-state index contributed by atoms with van der Waals surface area (Å²) >= 11 is 0. The Bertz CT molecular complexity index is 521. The molecule has 1 aromatic carbocycles. The highest BCUT2D eigenvalue weighted by Crippen LogP contribution is 2.40. The molecule has 0 aliphatic heterocycles. The molecular weight excluding hydrogens is 210 g/mol. The van der Waals surface area contributed by atoms with Crippen LogP contribution < -0.4 is 5.73 Å². The number of benzene rings is 1. The Balaban J connectivity index is 1.95. The maximum atomic E-state index is 6.01. The van der Waals surface area contributed by atoms with Gasteiger partial charge in [-0.25, -0.2) is 4.68 Å². The third kappa shape index (κ3) is 1.93. The smallest absolute Gasteiger partial charge is 0.127 e. The largest absolute Gasteiger partial charge is 0.384 e. The van der Waals surface area contributed by atoms with Gasteiger partial charge in [-0.3, -0.25) is 0 Å². The van der Waals surface area contributed by atoms with Crippen LogP contribution in [0.5, 0.6) is 0 Å². The Morgan fingerprint density at radius 3 is 2.59 bits per heavy atom. The maximum Gasteiger partial charge on any atom is 0.127 e. The van der Waals surface area contributed by atoms with E-state index in [-0.39, 0.29) is 0 Å². The highest BCUT2D eigenvalue weighted by molar-refractivity contribution is 5.44. The first kappa shape index (κ1) is 10.4. The van der Waals surface area contributed by atoms with Gasteiger partial charge in [-0.15, -0.1) is 0 Å². The molecule has 1 aromatic heterocycles. The van der Waals surface area contributed by atoms with Crippen LogP contribution in [0.15, 0.2) is 30.3 Å². The SMILES string of the molecule is CCc1ccc(-n2nc(C3CC3)cc2N)cc1. The summed E-state index contributed by atoms with van der Waals surface area (Å²) in [5, 5.41) is 4.59. The van der Waals surface area contributed by atoms with Gasteiger partial charge in [0, 0.05) is 12.0 Å². The molecule has 1 heterocycles. The van der Waals surface area contributed by atoms with Gasteiger partial charge in [-0.2, -0.15) is 5.10 Å². The molecule has 2 N–H and O–H groups in total. The van der Waals surface area contributed by atoms with Crippen LogP contribution in [0, 0.1) is 0 Å². The van der Waals surface area contributed by atoms with Crippen molar-refractivity contribution in [2.24, 2.45) is 0 Å². The van der Waals surface area contributed by atoms with E-state index in [1.807, 2.05) is 10.7 Å². The topological polar surface area (TPSA) is 43.8 Å². The average molecular weight is 227 g/mol. The van der Waals surface area contributed by atoms with E-state index < -0.39 is 0 Å². The van der Waals surface area contributed by atoms with E-state index in [9.17, 15) is 0 Å². The van der Waals surface area contributed by atoms with Gasteiger partial charge in [0.05, 0.1) is 11.4 Å². The summed E-state index contributed by atoms with van der Waals surface area (Å²) in [7, 11) is 0. The van der Waals surface area contributed by atoms with Crippen molar-refractivity contribution in [1.82, 2.24) is 9.78 Å². The van der Waals surface area contributed by atoms with Crippen molar-refractivity contribution in [3.05, 3.63) is 41.6 Å². The number of hydrogen-bond donors (Lipinski definition) is 1. The minimum Gasteiger partial charge on any atom is -0.384 e. The summed E-state index contributed by atoms with van der Waals surface area (Å²) in [5.74, 6) is 1.38. The van der Waals surface area contributed by atoms with E-state index in [4.69, 9.17) is 5.73 Å². The lowest BCUT2D eigenvalue weighted by Crippen LogP contribution is -2.01. The van der Waals surface area contributed by atoms with Crippen LogP contribution in [-0.4, -0.2) is 9.78 Å². The molecule has 3 rings (SSSR count). The summed E-state index contributed by atoms with van der Waals surface area (Å²) in [6.45, 7) is 2.16. The van der Waals surface area contributed by atoms with Crippen LogP contribution >= 0.6 is 0 Å². The number of nitrogen functional groups attached to an aromatic ring is 1. The van der Waals surface area contributed by atoms with E-state index in [0.29, 0.717) is 5.92 Å². The monoisotopic (exact) mass is 227 g/mol. The first-order valence-corrected chi connectivity index (χ1v) is 6.22. The summed E-state index contributed by atoms with van der Waals surface area (Å²) in [6.07, 6.45) is 3.57. The fourth-order valence-corrected chi connectivity index (χ4v) is 2.07. The van der Waals surface area contributed by atoms with Crippen molar-refractivity contribution in [2.75, 3.05) is 5.73 Å². The van der Waals surface area contributed by atoms with E-state index >= 15 is 0 Å². The highest BCUT2D eigenvalue weighted by Gasteiger charge is 2.27. The Morgan fingerprint density at radius 2 is 2.00 bits per heavy atom. The van der Waals surface area contributed by atoms with Gasteiger partial charge < -0.3 is 5.73 Å². The number of rotatable bonds is 3. The van der Waals surface area contributed by atoms with Crippen LogP contribution in [0.2, 0.25) is 0 Å². The number of aryl methyl sites for hydroxylation is 1. The fraction of sp³-hybridized carbons (Fsp3) is 0.357. The number of nitrogens with two attached hydrogens (primary N) is 1. The number of aromatic nitrogens is 2. The Labute approximate surface area is 101 Å². The average Bonchev–Trinajstić information content (AvgIpc) is 3.13. The van der Waals surface area contributed by atoms with Crippen LogP contribution in [-0.2, 0) is 6.42 Å². The summed E-state index contributed by atoms with van der Waals surface area (Å²) < 4.78 is 1.84. The summed E-state index contributed by atoms with van der Waals surface area (Å²) in [4.78, 5) is 0. The second kappa shape index (κ2) is 3.91. The molecule has 17 heavy (non-hydrogen) atoms. The number of anilines is 1. The molecule has 0 saturated heterocycles. The molecular formula is C14H17N3. The van der Waals surface area contributed by atoms with E-state index in [1.54, 1.807) is 0 Å².